The van der Waals surface area contributed by atoms with E-state index in [1.165, 1.54) is 66.4 Å². The van der Waals surface area contributed by atoms with Crippen LogP contribution in [0.5, 0.6) is 0 Å². The third-order valence-corrected chi connectivity index (χ3v) is 7.38. The van der Waals surface area contributed by atoms with Gasteiger partial charge < -0.3 is 12.4 Å². The molecule has 0 fully saturated rings. The van der Waals surface area contributed by atoms with E-state index in [0.717, 1.165) is 6.42 Å². The van der Waals surface area contributed by atoms with Gasteiger partial charge in [0.2, 0.25) is 0 Å². The molecule has 0 amide bonds. The molecular formula is C31H23ClZr. The van der Waals surface area contributed by atoms with E-state index in [1.807, 2.05) is 0 Å². The van der Waals surface area contributed by atoms with Gasteiger partial charge >= 0.3 is 99.2 Å². The summed E-state index contributed by atoms with van der Waals surface area (Å²) in [5.41, 5.74) is 9.47. The van der Waals surface area contributed by atoms with Crippen molar-refractivity contribution in [1.29, 1.82) is 0 Å². The Labute approximate surface area is 217 Å². The Morgan fingerprint density at radius 1 is 0.667 bits per heavy atom. The van der Waals surface area contributed by atoms with Crippen molar-refractivity contribution in [2.75, 3.05) is 0 Å². The first kappa shape index (κ1) is 23.6. The predicted molar refractivity (Wildman–Crippen MR) is 131 cm³/mol. The maximum absolute atomic E-state index is 3.61. The summed E-state index contributed by atoms with van der Waals surface area (Å²) in [7, 11) is 0. The minimum atomic E-state index is 0. The van der Waals surface area contributed by atoms with Gasteiger partial charge in [-0.3, -0.25) is 0 Å². The Bertz CT molecular complexity index is 1250. The van der Waals surface area contributed by atoms with E-state index in [4.69, 9.17) is 0 Å². The maximum atomic E-state index is 3.61. The van der Waals surface area contributed by atoms with Crippen molar-refractivity contribution in [3.8, 4) is 11.1 Å². The van der Waals surface area contributed by atoms with Gasteiger partial charge in [0.05, 0.1) is 0 Å². The summed E-state index contributed by atoms with van der Waals surface area (Å²) in [6.07, 6.45) is 9.70. The summed E-state index contributed by atoms with van der Waals surface area (Å²) in [5, 5.41) is 0. The van der Waals surface area contributed by atoms with Crippen LogP contribution in [0.1, 0.15) is 33.7 Å². The van der Waals surface area contributed by atoms with E-state index in [9.17, 15) is 0 Å². The molecule has 0 bridgehead atoms. The molecule has 4 aromatic carbocycles. The van der Waals surface area contributed by atoms with Crippen molar-refractivity contribution in [3.63, 3.8) is 0 Å². The second-order valence-corrected chi connectivity index (χ2v) is 9.27. The van der Waals surface area contributed by atoms with Crippen LogP contribution in [0.4, 0.5) is 0 Å². The van der Waals surface area contributed by atoms with Crippen LogP contribution in [0.25, 0.3) is 11.1 Å². The fourth-order valence-corrected chi connectivity index (χ4v) is 5.11. The molecule has 0 aliphatic heterocycles. The molecule has 0 N–H and O–H groups in total. The first-order valence-corrected chi connectivity index (χ1v) is 12.2. The molecule has 158 valence electrons. The van der Waals surface area contributed by atoms with Gasteiger partial charge in [-0.1, -0.05) is 59.7 Å². The molecule has 0 aromatic heterocycles. The van der Waals surface area contributed by atoms with Crippen molar-refractivity contribution in [1.82, 2.24) is 0 Å². The van der Waals surface area contributed by atoms with Crippen LogP contribution in [0.15, 0.2) is 121 Å². The average molecular weight is 522 g/mol. The summed E-state index contributed by atoms with van der Waals surface area (Å²) in [6.45, 7) is 0. The fourth-order valence-electron chi connectivity index (χ4n) is 4.29. The Morgan fingerprint density at radius 3 is 1.88 bits per heavy atom. The molecule has 0 radical (unpaired) electrons. The SMILES string of the molecule is [Cl-].[Zr+2]=[C](c1ccccc1)c1ccccc1.[c-]1c(C2C=CC=C2)ccc2c1Cc1ccccc1-2. The molecule has 2 heteroatoms. The Kier molecular flexibility index (Phi) is 7.86. The van der Waals surface area contributed by atoms with E-state index in [0.29, 0.717) is 5.92 Å². The minimum absolute atomic E-state index is 0. The van der Waals surface area contributed by atoms with Gasteiger partial charge in [-0.2, -0.15) is 23.8 Å². The van der Waals surface area contributed by atoms with E-state index in [2.05, 4.69) is 127 Å². The number of benzene rings is 4. The molecule has 6 rings (SSSR count). The van der Waals surface area contributed by atoms with Crippen molar-refractivity contribution in [2.24, 2.45) is 0 Å². The molecule has 0 heterocycles. The molecule has 4 aromatic rings. The first-order valence-electron chi connectivity index (χ1n) is 11.0. The molecule has 2 aliphatic rings. The third-order valence-electron chi connectivity index (χ3n) is 5.96. The average Bonchev–Trinajstić information content (AvgIpc) is 3.53. The molecule has 0 atom stereocenters. The molecule has 0 saturated carbocycles. The third kappa shape index (κ3) is 5.32. The molecule has 0 spiro atoms. The molecule has 0 saturated heterocycles. The van der Waals surface area contributed by atoms with Crippen LogP contribution in [0.2, 0.25) is 0 Å². The quantitative estimate of drug-likeness (QED) is 0.314. The first-order chi connectivity index (χ1) is 15.8. The number of hydrogen-bond donors (Lipinski definition) is 0. The molecule has 0 nitrogen and oxygen atoms in total. The van der Waals surface area contributed by atoms with Gasteiger partial charge in [-0.15, -0.1) is 11.1 Å². The van der Waals surface area contributed by atoms with E-state index >= 15 is 0 Å². The molecular weight excluding hydrogens is 499 g/mol. The van der Waals surface area contributed by atoms with Gasteiger partial charge in [0.15, 0.2) is 0 Å². The summed E-state index contributed by atoms with van der Waals surface area (Å²) in [6, 6.07) is 37.9. The standard InChI is InChI=1S/C18H13.C13H10.ClH.Zr/c1-2-6-13(5-1)14-9-10-18-16(11-14)12-15-7-3-4-8-17(15)18;1-3-7-12(8-4-1)11-13-9-5-2-6-10-13;;/h1-10,13H,12H2;1-10H;1H;/q-1;;;+2/p-1. The monoisotopic (exact) mass is 520 g/mol. The van der Waals surface area contributed by atoms with Crippen LogP contribution in [0, 0.1) is 6.07 Å². The van der Waals surface area contributed by atoms with Crippen LogP contribution in [0.3, 0.4) is 0 Å². The van der Waals surface area contributed by atoms with Gasteiger partial charge in [-0.05, 0) is 12.3 Å². The molecule has 33 heavy (non-hydrogen) atoms. The van der Waals surface area contributed by atoms with Crippen LogP contribution in [-0.2, 0) is 30.7 Å². The van der Waals surface area contributed by atoms with Crippen LogP contribution < -0.4 is 12.4 Å². The predicted octanol–water partition coefficient (Wildman–Crippen LogP) is 4.07. The zero-order valence-corrected chi connectivity index (χ0v) is 21.4. The normalized spacial score (nSPS) is 12.9. The summed E-state index contributed by atoms with van der Waals surface area (Å²) >= 11 is 1.46. The molecule has 2 aliphatic carbocycles. The smallest absolute Gasteiger partial charge is 0.00217 e. The molecule has 0 unspecified atom stereocenters. The van der Waals surface area contributed by atoms with E-state index < -0.39 is 0 Å². The number of rotatable bonds is 3. The Morgan fingerprint density at radius 2 is 1.24 bits per heavy atom. The van der Waals surface area contributed by atoms with Gasteiger partial charge in [0, 0.05) is 0 Å². The summed E-state index contributed by atoms with van der Waals surface area (Å²) < 4.78 is 1.42. The van der Waals surface area contributed by atoms with Crippen molar-refractivity contribution in [3.05, 3.63) is 155 Å². The van der Waals surface area contributed by atoms with Gasteiger partial charge in [0.1, 0.15) is 0 Å². The van der Waals surface area contributed by atoms with E-state index in [1.54, 1.807) is 0 Å². The minimum Gasteiger partial charge on any atom is -0.175 e. The van der Waals surface area contributed by atoms with Crippen LogP contribution in [-0.4, -0.2) is 3.21 Å². The second-order valence-electron chi connectivity index (χ2n) is 8.04. The number of fused-ring (bicyclic) bond motifs is 3. The van der Waals surface area contributed by atoms with Crippen molar-refractivity contribution < 1.29 is 36.6 Å². The summed E-state index contributed by atoms with van der Waals surface area (Å²) in [5.74, 6) is 0.416. The number of hydrogen-bond acceptors (Lipinski definition) is 0. The number of halogens is 1. The summed E-state index contributed by atoms with van der Waals surface area (Å²) in [4.78, 5) is 0. The largest absolute Gasteiger partial charge is 0.175 e. The zero-order valence-electron chi connectivity index (χ0n) is 18.2. The topological polar surface area (TPSA) is 0 Å². The Hall–Kier alpha value is -2.60. The van der Waals surface area contributed by atoms with Gasteiger partial charge in [0.25, 0.3) is 0 Å². The van der Waals surface area contributed by atoms with Crippen molar-refractivity contribution >= 4 is 3.21 Å². The second kappa shape index (κ2) is 11.0. The van der Waals surface area contributed by atoms with E-state index in [-0.39, 0.29) is 12.4 Å². The zero-order chi connectivity index (χ0) is 21.8. The fraction of sp³-hybridized carbons (Fsp3) is 0.0645. The Balaban J connectivity index is 0.000000158. The van der Waals surface area contributed by atoms with Crippen molar-refractivity contribution in [2.45, 2.75) is 12.3 Å². The van der Waals surface area contributed by atoms with Crippen LogP contribution >= 0.6 is 0 Å². The van der Waals surface area contributed by atoms with Gasteiger partial charge in [-0.25, -0.2) is 0 Å². The maximum Gasteiger partial charge on any atom is -0.00217 e. The number of allylic oxidation sites excluding steroid dienone is 4.